The quantitative estimate of drug-likeness (QED) is 0.541. The van der Waals surface area contributed by atoms with Gasteiger partial charge in [-0.05, 0) is 38.0 Å². The average Bonchev–Trinajstić information content (AvgIpc) is 3.20. The zero-order valence-electron chi connectivity index (χ0n) is 18.9. The fraction of sp³-hybridized carbons (Fsp3) is 0.409. The zero-order valence-corrected chi connectivity index (χ0v) is 19.7. The van der Waals surface area contributed by atoms with E-state index < -0.39 is 22.0 Å². The first-order valence-electron chi connectivity index (χ1n) is 10.7. The summed E-state index contributed by atoms with van der Waals surface area (Å²) in [5.74, 6) is 0.0546. The van der Waals surface area contributed by atoms with Crippen molar-refractivity contribution in [1.82, 2.24) is 19.5 Å². The molecule has 176 valence electrons. The van der Waals surface area contributed by atoms with Gasteiger partial charge in [-0.15, -0.1) is 0 Å². The maximum Gasteiger partial charge on any atom is 0.242 e. The molecule has 2 aromatic heterocycles. The number of nitrogens with zero attached hydrogens (tertiary/aromatic N) is 3. The van der Waals surface area contributed by atoms with Crippen LogP contribution >= 0.6 is 0 Å². The van der Waals surface area contributed by atoms with Crippen LogP contribution in [0.3, 0.4) is 0 Å². The first-order valence-corrected chi connectivity index (χ1v) is 12.2. The van der Waals surface area contributed by atoms with E-state index in [0.717, 1.165) is 5.39 Å². The van der Waals surface area contributed by atoms with Gasteiger partial charge in [0.1, 0.15) is 19.3 Å². The molecule has 4 rings (SSSR count). The highest BCUT2D eigenvalue weighted by Gasteiger charge is 2.29. The topological polar surface area (TPSA) is 124 Å². The van der Waals surface area contributed by atoms with Crippen LogP contribution in [0.1, 0.15) is 33.7 Å². The van der Waals surface area contributed by atoms with Gasteiger partial charge >= 0.3 is 0 Å². The molecule has 1 amide bonds. The van der Waals surface area contributed by atoms with Crippen LogP contribution in [0, 0.1) is 5.92 Å². The Hall–Kier alpha value is -3.18. The third kappa shape index (κ3) is 4.79. The number of hydrogen-bond donors (Lipinski definition) is 2. The maximum absolute atomic E-state index is 13.0. The Morgan fingerprint density at radius 3 is 2.48 bits per heavy atom. The summed E-state index contributed by atoms with van der Waals surface area (Å²) >= 11 is 0. The molecule has 0 fully saturated rings. The van der Waals surface area contributed by atoms with E-state index in [1.54, 1.807) is 36.9 Å². The molecule has 1 aromatic carbocycles. The van der Waals surface area contributed by atoms with Crippen molar-refractivity contribution >= 4 is 32.7 Å². The number of rotatable bonds is 7. The van der Waals surface area contributed by atoms with E-state index in [2.05, 4.69) is 20.1 Å². The molecule has 10 nitrogen and oxygen atoms in total. The second-order valence-electron chi connectivity index (χ2n) is 8.46. The first kappa shape index (κ1) is 23.0. The van der Waals surface area contributed by atoms with Gasteiger partial charge in [0.05, 0.1) is 23.0 Å². The molecule has 0 aliphatic carbocycles. The number of carbonyl (C=O) groups is 1. The highest BCUT2D eigenvalue weighted by atomic mass is 32.2. The van der Waals surface area contributed by atoms with Crippen molar-refractivity contribution in [3.05, 3.63) is 36.7 Å². The number of amides is 1. The largest absolute Gasteiger partial charge is 0.486 e. The van der Waals surface area contributed by atoms with Crippen LogP contribution < -0.4 is 19.5 Å². The van der Waals surface area contributed by atoms with E-state index in [-0.39, 0.29) is 16.9 Å². The number of benzene rings is 1. The van der Waals surface area contributed by atoms with Crippen LogP contribution in [0.15, 0.2) is 41.6 Å². The van der Waals surface area contributed by atoms with Gasteiger partial charge in [0.2, 0.25) is 15.9 Å². The Morgan fingerprint density at radius 2 is 1.79 bits per heavy atom. The molecular weight excluding hydrogens is 446 g/mol. The van der Waals surface area contributed by atoms with Crippen molar-refractivity contribution in [3.8, 4) is 11.5 Å². The summed E-state index contributed by atoms with van der Waals surface area (Å²) in [5.41, 5.74) is 1.17. The molecule has 0 unspecified atom stereocenters. The molecule has 3 heterocycles. The second-order valence-corrected chi connectivity index (χ2v) is 10.2. The van der Waals surface area contributed by atoms with E-state index in [1.807, 2.05) is 13.8 Å². The molecule has 0 saturated carbocycles. The van der Waals surface area contributed by atoms with Crippen LogP contribution in [0.5, 0.6) is 11.5 Å². The van der Waals surface area contributed by atoms with Gasteiger partial charge in [-0.1, -0.05) is 13.8 Å². The van der Waals surface area contributed by atoms with Crippen molar-refractivity contribution in [3.63, 3.8) is 0 Å². The number of anilines is 1. The number of sulfonamides is 1. The first-order chi connectivity index (χ1) is 15.7. The van der Waals surface area contributed by atoms with Crippen LogP contribution in [0.4, 0.5) is 5.69 Å². The minimum atomic E-state index is -3.99. The van der Waals surface area contributed by atoms with Gasteiger partial charge in [-0.2, -0.15) is 9.82 Å². The van der Waals surface area contributed by atoms with Gasteiger partial charge in [-0.3, -0.25) is 4.79 Å². The normalized spacial score (nSPS) is 14.6. The number of fused-ring (bicyclic) bond motifs is 2. The molecule has 3 aromatic rings. The summed E-state index contributed by atoms with van der Waals surface area (Å²) in [7, 11) is -3.99. The SMILES string of the molecule is CC(C)[C@H](NS(=O)(=O)c1ccc2c(c1)OCCO2)C(=O)Nc1cnc2c(cnn2C(C)C)c1. The third-order valence-electron chi connectivity index (χ3n) is 5.25. The molecule has 1 aliphatic heterocycles. The lowest BCUT2D eigenvalue weighted by atomic mass is 10.0. The van der Waals surface area contributed by atoms with Crippen molar-refractivity contribution in [2.45, 2.75) is 44.7 Å². The van der Waals surface area contributed by atoms with Crippen molar-refractivity contribution in [2.24, 2.45) is 5.92 Å². The van der Waals surface area contributed by atoms with Gasteiger partial charge in [-0.25, -0.2) is 18.1 Å². The fourth-order valence-electron chi connectivity index (χ4n) is 3.52. The number of carbonyl (C=O) groups excluding carboxylic acids is 1. The Labute approximate surface area is 192 Å². The highest BCUT2D eigenvalue weighted by molar-refractivity contribution is 7.89. The average molecular weight is 474 g/mol. The smallest absolute Gasteiger partial charge is 0.242 e. The molecule has 0 bridgehead atoms. The molecule has 0 saturated heterocycles. The number of aromatic nitrogens is 3. The number of hydrogen-bond acceptors (Lipinski definition) is 7. The predicted octanol–water partition coefficient (Wildman–Crippen LogP) is 2.73. The second kappa shape index (κ2) is 8.99. The van der Waals surface area contributed by atoms with Crippen LogP contribution in [-0.2, 0) is 14.8 Å². The van der Waals surface area contributed by atoms with Gasteiger partial charge < -0.3 is 14.8 Å². The van der Waals surface area contributed by atoms with E-state index in [9.17, 15) is 13.2 Å². The minimum Gasteiger partial charge on any atom is -0.486 e. The van der Waals surface area contributed by atoms with Gasteiger partial charge in [0.15, 0.2) is 17.1 Å². The third-order valence-corrected chi connectivity index (χ3v) is 6.68. The monoisotopic (exact) mass is 473 g/mol. The van der Waals surface area contributed by atoms with Crippen molar-refractivity contribution < 1.29 is 22.7 Å². The Balaban J connectivity index is 1.53. The summed E-state index contributed by atoms with van der Waals surface area (Å²) in [6, 6.07) is 5.28. The van der Waals surface area contributed by atoms with E-state index in [1.165, 1.54) is 18.3 Å². The molecule has 33 heavy (non-hydrogen) atoms. The number of pyridine rings is 1. The maximum atomic E-state index is 13.0. The summed E-state index contributed by atoms with van der Waals surface area (Å²) in [4.78, 5) is 17.4. The van der Waals surface area contributed by atoms with Crippen LogP contribution in [0.25, 0.3) is 11.0 Å². The number of ether oxygens (including phenoxy) is 2. The number of nitrogens with one attached hydrogen (secondary N) is 2. The lowest BCUT2D eigenvalue weighted by molar-refractivity contribution is -0.118. The summed E-state index contributed by atoms with van der Waals surface area (Å²) < 4.78 is 41.3. The summed E-state index contributed by atoms with van der Waals surface area (Å²) in [6.45, 7) is 8.30. The van der Waals surface area contributed by atoms with Crippen molar-refractivity contribution in [2.75, 3.05) is 18.5 Å². The van der Waals surface area contributed by atoms with E-state index in [0.29, 0.717) is 36.0 Å². The van der Waals surface area contributed by atoms with Crippen molar-refractivity contribution in [1.29, 1.82) is 0 Å². The van der Waals surface area contributed by atoms with Crippen LogP contribution in [-0.4, -0.2) is 48.3 Å². The minimum absolute atomic E-state index is 0.00520. The summed E-state index contributed by atoms with van der Waals surface area (Å²) in [5, 5.41) is 7.87. The highest BCUT2D eigenvalue weighted by Crippen LogP contribution is 2.32. The van der Waals surface area contributed by atoms with Gasteiger partial charge in [0.25, 0.3) is 0 Å². The molecule has 1 aliphatic rings. The molecule has 0 radical (unpaired) electrons. The molecule has 11 heteroatoms. The molecular formula is C22H27N5O5S. The van der Waals surface area contributed by atoms with E-state index >= 15 is 0 Å². The lowest BCUT2D eigenvalue weighted by Crippen LogP contribution is -2.47. The lowest BCUT2D eigenvalue weighted by Gasteiger charge is -2.23. The van der Waals surface area contributed by atoms with E-state index in [4.69, 9.17) is 9.47 Å². The Bertz CT molecular complexity index is 1290. The molecule has 2 N–H and O–H groups in total. The zero-order chi connectivity index (χ0) is 23.8. The van der Waals surface area contributed by atoms with Crippen LogP contribution in [0.2, 0.25) is 0 Å². The fourth-order valence-corrected chi connectivity index (χ4v) is 4.88. The standard InChI is InChI=1S/C22H27N5O5S/c1-13(2)20(26-33(29,30)17-5-6-18-19(10-17)32-8-7-31-18)22(28)25-16-9-15-11-24-27(14(3)4)21(15)23-12-16/h5-6,9-14,20,26H,7-8H2,1-4H3,(H,25,28)/t20-/m0/s1. The molecule has 1 atom stereocenters. The molecule has 0 spiro atoms. The summed E-state index contributed by atoms with van der Waals surface area (Å²) in [6.07, 6.45) is 3.22. The Kier molecular flexibility index (Phi) is 6.26. The predicted molar refractivity (Wildman–Crippen MR) is 123 cm³/mol. The van der Waals surface area contributed by atoms with Gasteiger partial charge in [0, 0.05) is 17.5 Å². The Morgan fingerprint density at radius 1 is 1.06 bits per heavy atom.